The van der Waals surface area contributed by atoms with Crippen LogP contribution >= 0.6 is 15.2 Å². The Morgan fingerprint density at radius 2 is 1.38 bits per heavy atom. The Balaban J connectivity index is 2.61. The first-order valence-electron chi connectivity index (χ1n) is 5.86. The van der Waals surface area contributed by atoms with Gasteiger partial charge in [0.05, 0.1) is 0 Å². The molecule has 2 aromatic carbocycles. The maximum absolute atomic E-state index is 11.4. The average Bonchev–Trinajstić information content (AvgIpc) is 2.36. The number of hydrogen-bond acceptors (Lipinski definition) is 3. The van der Waals surface area contributed by atoms with Gasteiger partial charge in [0, 0.05) is 6.42 Å². The molecule has 0 fully saturated rings. The predicted molar refractivity (Wildman–Crippen MR) is 76.7 cm³/mol. The lowest BCUT2D eigenvalue weighted by molar-refractivity contribution is 0.131. The van der Waals surface area contributed by atoms with E-state index in [1.54, 1.807) is 36.4 Å². The van der Waals surface area contributed by atoms with E-state index in [1.807, 2.05) is 0 Å². The van der Waals surface area contributed by atoms with Crippen molar-refractivity contribution in [1.29, 1.82) is 0 Å². The Hall–Kier alpha value is -1.04. The molecule has 0 unspecified atom stereocenters. The van der Waals surface area contributed by atoms with Gasteiger partial charge in [-0.2, -0.15) is 0 Å². The molecule has 0 aliphatic rings. The van der Waals surface area contributed by atoms with Crippen LogP contribution < -0.4 is 0 Å². The first-order valence-corrected chi connectivity index (χ1v) is 9.09. The molecule has 114 valence electrons. The largest absolute Gasteiger partial charge is 0.369 e. The van der Waals surface area contributed by atoms with Gasteiger partial charge < -0.3 is 24.7 Å². The fraction of sp³-hybridized carbons (Fsp3) is 0.167. The zero-order chi connectivity index (χ0) is 15.9. The van der Waals surface area contributed by atoms with Crippen LogP contribution in [-0.2, 0) is 15.6 Å². The van der Waals surface area contributed by atoms with Gasteiger partial charge in [-0.3, -0.25) is 9.13 Å². The van der Waals surface area contributed by atoms with E-state index in [1.165, 1.54) is 6.07 Å². The fourth-order valence-corrected chi connectivity index (χ4v) is 4.19. The van der Waals surface area contributed by atoms with E-state index in [9.17, 15) is 33.8 Å². The molecule has 0 aliphatic heterocycles. The number of hydrogen-bond donors (Lipinski definition) is 5. The molecule has 9 heteroatoms. The zero-order valence-electron chi connectivity index (χ0n) is 10.7. The molecule has 0 amide bonds. The van der Waals surface area contributed by atoms with E-state index in [-0.39, 0.29) is 5.56 Å². The molecule has 0 aliphatic carbocycles. The van der Waals surface area contributed by atoms with Gasteiger partial charge in [0.1, 0.15) is 0 Å². The molecular weight excluding hydrogens is 318 g/mol. The monoisotopic (exact) mass is 332 g/mol. The third-order valence-electron chi connectivity index (χ3n) is 3.24. The second-order valence-corrected chi connectivity index (χ2v) is 8.69. The Labute approximate surface area is 120 Å². The smallest absolute Gasteiger partial charge is 0.367 e. The second-order valence-electron chi connectivity index (χ2n) is 4.68. The van der Waals surface area contributed by atoms with Crippen LogP contribution in [0, 0.1) is 0 Å². The molecule has 0 saturated heterocycles. The summed E-state index contributed by atoms with van der Waals surface area (Å²) in [5, 5.41) is 7.82. The van der Waals surface area contributed by atoms with Crippen LogP contribution in [0.3, 0.4) is 0 Å². The summed E-state index contributed by atoms with van der Waals surface area (Å²) in [4.78, 5) is 36.7. The molecule has 0 aromatic heterocycles. The molecular formula is C12H14O7P2. The third kappa shape index (κ3) is 2.96. The van der Waals surface area contributed by atoms with Gasteiger partial charge in [0.15, 0.2) is 0 Å². The van der Waals surface area contributed by atoms with Gasteiger partial charge in [0.25, 0.3) is 5.08 Å². The van der Waals surface area contributed by atoms with Crippen molar-refractivity contribution in [2.24, 2.45) is 0 Å². The maximum Gasteiger partial charge on any atom is 0.369 e. The summed E-state index contributed by atoms with van der Waals surface area (Å²) in [6.07, 6.45) is -0.858. The lowest BCUT2D eigenvalue weighted by Gasteiger charge is -2.29. The highest BCUT2D eigenvalue weighted by Gasteiger charge is 2.59. The lowest BCUT2D eigenvalue weighted by Crippen LogP contribution is -2.31. The highest BCUT2D eigenvalue weighted by atomic mass is 31.2. The van der Waals surface area contributed by atoms with Gasteiger partial charge in [0.2, 0.25) is 0 Å². The SMILES string of the molecule is O=P(O)(O)C(O)(Cc1cccc2ccccc12)P(=O)(O)O. The van der Waals surface area contributed by atoms with Crippen molar-refractivity contribution < 1.29 is 33.8 Å². The van der Waals surface area contributed by atoms with Gasteiger partial charge in [-0.15, -0.1) is 0 Å². The van der Waals surface area contributed by atoms with Crippen molar-refractivity contribution in [3.63, 3.8) is 0 Å². The fourth-order valence-electron chi connectivity index (χ4n) is 2.08. The van der Waals surface area contributed by atoms with Crippen LogP contribution in [0.15, 0.2) is 42.5 Å². The lowest BCUT2D eigenvalue weighted by atomic mass is 10.0. The van der Waals surface area contributed by atoms with Gasteiger partial charge in [-0.1, -0.05) is 42.5 Å². The van der Waals surface area contributed by atoms with E-state index in [0.29, 0.717) is 5.39 Å². The van der Waals surface area contributed by atoms with E-state index in [0.717, 1.165) is 5.39 Å². The molecule has 2 aromatic rings. The van der Waals surface area contributed by atoms with E-state index < -0.39 is 26.7 Å². The van der Waals surface area contributed by atoms with Gasteiger partial charge in [-0.05, 0) is 16.3 Å². The summed E-state index contributed by atoms with van der Waals surface area (Å²) in [6, 6.07) is 11.6. The predicted octanol–water partition coefficient (Wildman–Crippen LogP) is 1.38. The van der Waals surface area contributed by atoms with Crippen LogP contribution in [0.2, 0.25) is 0 Å². The number of rotatable bonds is 4. The summed E-state index contributed by atoms with van der Waals surface area (Å²) < 4.78 is 22.8. The Bertz CT molecular complexity index is 734. The highest BCUT2D eigenvalue weighted by molar-refractivity contribution is 7.72. The van der Waals surface area contributed by atoms with E-state index in [2.05, 4.69) is 0 Å². The molecule has 21 heavy (non-hydrogen) atoms. The van der Waals surface area contributed by atoms with Crippen molar-refractivity contribution in [2.75, 3.05) is 0 Å². The Kier molecular flexibility index (Phi) is 4.12. The minimum absolute atomic E-state index is 0.238. The third-order valence-corrected chi connectivity index (χ3v) is 6.99. The van der Waals surface area contributed by atoms with Crippen molar-refractivity contribution in [2.45, 2.75) is 11.5 Å². The van der Waals surface area contributed by atoms with Crippen LogP contribution in [0.25, 0.3) is 10.8 Å². The molecule has 0 spiro atoms. The summed E-state index contributed by atoms with van der Waals surface area (Å²) in [5.74, 6) is 0. The van der Waals surface area contributed by atoms with Gasteiger partial charge in [-0.25, -0.2) is 0 Å². The topological polar surface area (TPSA) is 135 Å². The standard InChI is InChI=1S/C12H14O7P2/c13-12(20(14,15)16,21(17,18)19)8-10-6-3-5-9-4-1-2-7-11(9)10/h1-7,13H,8H2,(H2,14,15,16)(H2,17,18,19). The highest BCUT2D eigenvalue weighted by Crippen LogP contribution is 2.68. The number of benzene rings is 2. The normalized spacial score (nSPS) is 13.6. The molecule has 5 N–H and O–H groups in total. The van der Waals surface area contributed by atoms with Crippen molar-refractivity contribution in [1.82, 2.24) is 0 Å². The molecule has 0 atom stereocenters. The first kappa shape index (κ1) is 16.3. The Morgan fingerprint density at radius 3 is 1.95 bits per heavy atom. The quantitative estimate of drug-likeness (QED) is 0.534. The Morgan fingerprint density at radius 1 is 0.857 bits per heavy atom. The minimum atomic E-state index is -5.46. The summed E-state index contributed by atoms with van der Waals surface area (Å²) in [6.45, 7) is 0. The average molecular weight is 332 g/mol. The van der Waals surface area contributed by atoms with Crippen molar-refractivity contribution in [3.05, 3.63) is 48.0 Å². The van der Waals surface area contributed by atoms with E-state index >= 15 is 0 Å². The van der Waals surface area contributed by atoms with Crippen LogP contribution in [0.5, 0.6) is 0 Å². The summed E-state index contributed by atoms with van der Waals surface area (Å²) in [5.41, 5.74) is 0.238. The van der Waals surface area contributed by atoms with Crippen LogP contribution in [0.4, 0.5) is 0 Å². The molecule has 0 radical (unpaired) electrons. The number of aliphatic hydroxyl groups is 1. The summed E-state index contributed by atoms with van der Waals surface area (Å²) >= 11 is 0. The summed E-state index contributed by atoms with van der Waals surface area (Å²) in [7, 11) is -10.9. The molecule has 0 saturated carbocycles. The second kappa shape index (κ2) is 5.30. The van der Waals surface area contributed by atoms with Crippen molar-refractivity contribution in [3.8, 4) is 0 Å². The molecule has 0 bridgehead atoms. The number of fused-ring (bicyclic) bond motifs is 1. The molecule has 7 nitrogen and oxygen atoms in total. The van der Waals surface area contributed by atoms with Gasteiger partial charge >= 0.3 is 15.2 Å². The molecule has 0 heterocycles. The van der Waals surface area contributed by atoms with Crippen LogP contribution in [0.1, 0.15) is 5.56 Å². The minimum Gasteiger partial charge on any atom is -0.367 e. The first-order chi connectivity index (χ1) is 9.56. The molecule has 2 rings (SSSR count). The van der Waals surface area contributed by atoms with Crippen molar-refractivity contribution >= 4 is 26.0 Å². The van der Waals surface area contributed by atoms with Crippen LogP contribution in [-0.4, -0.2) is 29.8 Å². The maximum atomic E-state index is 11.4. The van der Waals surface area contributed by atoms with E-state index in [4.69, 9.17) is 0 Å². The zero-order valence-corrected chi connectivity index (χ0v) is 12.5.